The number of anilines is 1. The molecule has 2 N–H and O–H groups in total. The Morgan fingerprint density at radius 3 is 2.16 bits per heavy atom. The van der Waals surface area contributed by atoms with Gasteiger partial charge in [-0.05, 0) is 41.2 Å². The fourth-order valence-corrected chi connectivity index (χ4v) is 3.88. The zero-order chi connectivity index (χ0) is 22.4. The SMILES string of the molecule is CC(C)CNC(=O)C(=O)NC[C@@H](c1ccc(N(C)C)cc1)N1CCc2ccccc2C1. The second-order valence-corrected chi connectivity index (χ2v) is 8.80. The normalized spacial score (nSPS) is 14.6. The van der Waals surface area contributed by atoms with Gasteiger partial charge in [0.1, 0.15) is 0 Å². The van der Waals surface area contributed by atoms with Gasteiger partial charge in [-0.3, -0.25) is 14.5 Å². The lowest BCUT2D eigenvalue weighted by molar-refractivity contribution is -0.139. The summed E-state index contributed by atoms with van der Waals surface area (Å²) in [5.41, 5.74) is 4.97. The summed E-state index contributed by atoms with van der Waals surface area (Å²) in [6, 6.07) is 16.9. The molecule has 0 saturated heterocycles. The first kappa shape index (κ1) is 22.8. The monoisotopic (exact) mass is 422 g/mol. The van der Waals surface area contributed by atoms with Crippen molar-refractivity contribution < 1.29 is 9.59 Å². The Kier molecular flexibility index (Phi) is 7.69. The van der Waals surface area contributed by atoms with Gasteiger partial charge < -0.3 is 15.5 Å². The Bertz CT molecular complexity index is 893. The van der Waals surface area contributed by atoms with E-state index in [1.807, 2.05) is 27.9 Å². The van der Waals surface area contributed by atoms with Crippen molar-refractivity contribution in [3.8, 4) is 0 Å². The minimum Gasteiger partial charge on any atom is -0.378 e. The van der Waals surface area contributed by atoms with Gasteiger partial charge in [-0.2, -0.15) is 0 Å². The Balaban J connectivity index is 1.75. The third-order valence-corrected chi connectivity index (χ3v) is 5.73. The average molecular weight is 423 g/mol. The second-order valence-electron chi connectivity index (χ2n) is 8.80. The third kappa shape index (κ3) is 6.07. The van der Waals surface area contributed by atoms with Crippen molar-refractivity contribution in [1.29, 1.82) is 0 Å². The highest BCUT2D eigenvalue weighted by atomic mass is 16.2. The maximum atomic E-state index is 12.4. The van der Waals surface area contributed by atoms with Crippen LogP contribution in [0.1, 0.15) is 36.6 Å². The highest BCUT2D eigenvalue weighted by Gasteiger charge is 2.26. The van der Waals surface area contributed by atoms with E-state index >= 15 is 0 Å². The molecule has 0 saturated carbocycles. The van der Waals surface area contributed by atoms with Crippen LogP contribution in [0.3, 0.4) is 0 Å². The molecule has 1 heterocycles. The second kappa shape index (κ2) is 10.4. The van der Waals surface area contributed by atoms with Crippen molar-refractivity contribution in [3.63, 3.8) is 0 Å². The van der Waals surface area contributed by atoms with Gasteiger partial charge in [0.25, 0.3) is 0 Å². The molecule has 0 bridgehead atoms. The molecular weight excluding hydrogens is 388 g/mol. The van der Waals surface area contributed by atoms with E-state index in [9.17, 15) is 9.59 Å². The van der Waals surface area contributed by atoms with Crippen LogP contribution in [0.2, 0.25) is 0 Å². The number of carbonyl (C=O) groups is 2. The van der Waals surface area contributed by atoms with Gasteiger partial charge >= 0.3 is 11.8 Å². The molecule has 2 aromatic carbocycles. The number of nitrogens with zero attached hydrogens (tertiary/aromatic N) is 2. The number of hydrogen-bond acceptors (Lipinski definition) is 4. The van der Waals surface area contributed by atoms with Gasteiger partial charge in [0.05, 0.1) is 6.04 Å². The lowest BCUT2D eigenvalue weighted by atomic mass is 9.96. The summed E-state index contributed by atoms with van der Waals surface area (Å²) in [6.07, 6.45) is 0.977. The van der Waals surface area contributed by atoms with E-state index in [0.29, 0.717) is 19.0 Å². The molecule has 0 spiro atoms. The molecule has 1 atom stereocenters. The van der Waals surface area contributed by atoms with Crippen molar-refractivity contribution in [2.75, 3.05) is 38.6 Å². The largest absolute Gasteiger partial charge is 0.378 e. The van der Waals surface area contributed by atoms with Crippen LogP contribution in [0, 0.1) is 5.92 Å². The van der Waals surface area contributed by atoms with Crippen LogP contribution in [-0.2, 0) is 22.6 Å². The number of benzene rings is 2. The van der Waals surface area contributed by atoms with E-state index in [4.69, 9.17) is 0 Å². The Labute approximate surface area is 185 Å². The fourth-order valence-electron chi connectivity index (χ4n) is 3.88. The van der Waals surface area contributed by atoms with Crippen molar-refractivity contribution in [1.82, 2.24) is 15.5 Å². The summed E-state index contributed by atoms with van der Waals surface area (Å²) in [6.45, 7) is 6.61. The Hall–Kier alpha value is -2.86. The minimum atomic E-state index is -0.576. The zero-order valence-electron chi connectivity index (χ0n) is 19.0. The van der Waals surface area contributed by atoms with Gasteiger partial charge in [0.15, 0.2) is 0 Å². The van der Waals surface area contributed by atoms with Crippen molar-refractivity contribution in [2.24, 2.45) is 5.92 Å². The number of amides is 2. The van der Waals surface area contributed by atoms with E-state index in [1.165, 1.54) is 11.1 Å². The highest BCUT2D eigenvalue weighted by Crippen LogP contribution is 2.28. The van der Waals surface area contributed by atoms with Crippen molar-refractivity contribution in [2.45, 2.75) is 32.9 Å². The summed E-state index contributed by atoms with van der Waals surface area (Å²) in [5.74, 6) is -0.847. The molecule has 2 aromatic rings. The molecule has 1 aliphatic rings. The van der Waals surface area contributed by atoms with E-state index in [0.717, 1.165) is 30.8 Å². The Morgan fingerprint density at radius 1 is 0.935 bits per heavy atom. The lowest BCUT2D eigenvalue weighted by Gasteiger charge is -2.36. The molecule has 2 amide bonds. The first-order valence-corrected chi connectivity index (χ1v) is 11.0. The minimum absolute atomic E-state index is 0.00795. The summed E-state index contributed by atoms with van der Waals surface area (Å²) in [4.78, 5) is 28.9. The number of rotatable bonds is 7. The van der Waals surface area contributed by atoms with Crippen LogP contribution < -0.4 is 15.5 Å². The van der Waals surface area contributed by atoms with Crippen LogP contribution in [-0.4, -0.2) is 50.4 Å². The molecule has 0 radical (unpaired) electrons. The Morgan fingerprint density at radius 2 is 1.55 bits per heavy atom. The summed E-state index contributed by atoms with van der Waals surface area (Å²) in [5, 5.41) is 5.55. The highest BCUT2D eigenvalue weighted by molar-refractivity contribution is 6.35. The first-order chi connectivity index (χ1) is 14.8. The number of fused-ring (bicyclic) bond motifs is 1. The smallest absolute Gasteiger partial charge is 0.309 e. The topological polar surface area (TPSA) is 64.7 Å². The van der Waals surface area contributed by atoms with Gasteiger partial charge in [0, 0.05) is 46.0 Å². The van der Waals surface area contributed by atoms with E-state index < -0.39 is 11.8 Å². The summed E-state index contributed by atoms with van der Waals surface area (Å²) in [7, 11) is 4.04. The van der Waals surface area contributed by atoms with E-state index in [-0.39, 0.29) is 6.04 Å². The third-order valence-electron chi connectivity index (χ3n) is 5.73. The van der Waals surface area contributed by atoms with Crippen LogP contribution in [0.4, 0.5) is 5.69 Å². The first-order valence-electron chi connectivity index (χ1n) is 11.0. The molecule has 6 nitrogen and oxygen atoms in total. The van der Waals surface area contributed by atoms with Gasteiger partial charge in [-0.15, -0.1) is 0 Å². The van der Waals surface area contributed by atoms with E-state index in [2.05, 4.69) is 69.0 Å². The molecule has 0 unspecified atom stereocenters. The summed E-state index contributed by atoms with van der Waals surface area (Å²) < 4.78 is 0. The van der Waals surface area contributed by atoms with Gasteiger partial charge in [-0.25, -0.2) is 0 Å². The standard InChI is InChI=1S/C25H34N4O2/c1-18(2)15-26-24(30)25(31)27-16-23(20-9-11-22(12-10-20)28(3)4)29-14-13-19-7-5-6-8-21(19)17-29/h5-12,18,23H,13-17H2,1-4H3,(H,26,30)(H,27,31)/t23-/m0/s1. The fraction of sp³-hybridized carbons (Fsp3) is 0.440. The average Bonchev–Trinajstić information content (AvgIpc) is 2.77. The molecule has 3 rings (SSSR count). The quantitative estimate of drug-likeness (QED) is 0.674. The van der Waals surface area contributed by atoms with Crippen LogP contribution in [0.5, 0.6) is 0 Å². The number of hydrogen-bond donors (Lipinski definition) is 2. The van der Waals surface area contributed by atoms with Crippen LogP contribution in [0.25, 0.3) is 0 Å². The molecule has 166 valence electrons. The number of nitrogens with one attached hydrogen (secondary N) is 2. The zero-order valence-corrected chi connectivity index (χ0v) is 19.0. The van der Waals surface area contributed by atoms with E-state index in [1.54, 1.807) is 0 Å². The summed E-state index contributed by atoms with van der Waals surface area (Å²) >= 11 is 0. The molecule has 6 heteroatoms. The number of carbonyl (C=O) groups excluding carboxylic acids is 2. The van der Waals surface area contributed by atoms with Gasteiger partial charge in [0.2, 0.25) is 0 Å². The van der Waals surface area contributed by atoms with Crippen molar-refractivity contribution in [3.05, 3.63) is 65.2 Å². The lowest BCUT2D eigenvalue weighted by Crippen LogP contribution is -2.45. The van der Waals surface area contributed by atoms with Crippen LogP contribution in [0.15, 0.2) is 48.5 Å². The molecule has 31 heavy (non-hydrogen) atoms. The molecule has 0 aliphatic carbocycles. The van der Waals surface area contributed by atoms with Crippen LogP contribution >= 0.6 is 0 Å². The molecule has 0 aromatic heterocycles. The predicted octanol–water partition coefficient (Wildman–Crippen LogP) is 2.74. The predicted molar refractivity (Wildman–Crippen MR) is 125 cm³/mol. The maximum Gasteiger partial charge on any atom is 0.309 e. The van der Waals surface area contributed by atoms with Crippen molar-refractivity contribution >= 4 is 17.5 Å². The maximum absolute atomic E-state index is 12.4. The molecular formula is C25H34N4O2. The van der Waals surface area contributed by atoms with Gasteiger partial charge in [-0.1, -0.05) is 50.2 Å². The molecule has 0 fully saturated rings. The molecule has 1 aliphatic heterocycles.